The Hall–Kier alpha value is -5.40. The number of hydrogen-bond acceptors (Lipinski definition) is 1. The molecule has 0 radical (unpaired) electrons. The molecule has 1 heteroatoms. The summed E-state index contributed by atoms with van der Waals surface area (Å²) in [7, 11) is 0. The molecule has 190 valence electrons. The molecule has 0 aliphatic heterocycles. The average molecular weight is 524 g/mol. The van der Waals surface area contributed by atoms with Crippen LogP contribution in [-0.4, -0.2) is 0 Å². The van der Waals surface area contributed by atoms with Crippen LogP contribution in [0.5, 0.6) is 0 Å². The van der Waals surface area contributed by atoms with Gasteiger partial charge in [0.2, 0.25) is 0 Å². The second-order valence-electron chi connectivity index (χ2n) is 10.7. The normalized spacial score (nSPS) is 12.9. The second kappa shape index (κ2) is 8.55. The summed E-state index contributed by atoms with van der Waals surface area (Å²) < 4.78 is 34.2. The van der Waals surface area contributed by atoms with Crippen molar-refractivity contribution in [3.63, 3.8) is 0 Å². The van der Waals surface area contributed by atoms with Gasteiger partial charge in [-0.05, 0) is 95.6 Å². The molecule has 1 aromatic heterocycles. The Morgan fingerprint density at radius 1 is 0.390 bits per heavy atom. The molecule has 0 saturated carbocycles. The molecular formula is C40H24O. The lowest BCUT2D eigenvalue weighted by atomic mass is 9.85. The average Bonchev–Trinajstić information content (AvgIpc) is 3.44. The first-order valence-corrected chi connectivity index (χ1v) is 13.9. The van der Waals surface area contributed by atoms with Gasteiger partial charge in [0.15, 0.2) is 0 Å². The van der Waals surface area contributed by atoms with E-state index in [2.05, 4.69) is 66.7 Å². The summed E-state index contributed by atoms with van der Waals surface area (Å²) in [5.74, 6) is 0. The van der Waals surface area contributed by atoms with Gasteiger partial charge in [-0.3, -0.25) is 0 Å². The molecule has 0 aliphatic rings. The number of hydrogen-bond donors (Lipinski definition) is 0. The molecule has 41 heavy (non-hydrogen) atoms. The van der Waals surface area contributed by atoms with Gasteiger partial charge in [-0.2, -0.15) is 0 Å². The molecule has 0 spiro atoms. The van der Waals surface area contributed by atoms with Gasteiger partial charge in [0.25, 0.3) is 0 Å². The maximum atomic E-state index is 9.62. The molecular weight excluding hydrogens is 496 g/mol. The van der Waals surface area contributed by atoms with Gasteiger partial charge >= 0.3 is 0 Å². The minimum absolute atomic E-state index is 0.000118. The van der Waals surface area contributed by atoms with Crippen LogP contribution in [0.15, 0.2) is 150 Å². The largest absolute Gasteiger partial charge is 0.456 e. The van der Waals surface area contributed by atoms with Crippen LogP contribution in [0.3, 0.4) is 0 Å². The van der Waals surface area contributed by atoms with Crippen LogP contribution in [-0.2, 0) is 0 Å². The van der Waals surface area contributed by atoms with E-state index in [1.807, 2.05) is 60.7 Å². The van der Waals surface area contributed by atoms with E-state index in [0.29, 0.717) is 16.5 Å². The van der Waals surface area contributed by atoms with E-state index in [9.17, 15) is 2.74 Å². The lowest BCUT2D eigenvalue weighted by Crippen LogP contribution is -1.91. The number of fused-ring (bicyclic) bond motifs is 7. The third-order valence-corrected chi connectivity index (χ3v) is 8.33. The molecule has 8 aromatic carbocycles. The zero-order valence-corrected chi connectivity index (χ0v) is 22.0. The van der Waals surface area contributed by atoms with Crippen molar-refractivity contribution < 1.29 is 8.53 Å². The topological polar surface area (TPSA) is 13.1 Å². The zero-order valence-electron chi connectivity index (χ0n) is 25.0. The zero-order chi connectivity index (χ0) is 29.5. The van der Waals surface area contributed by atoms with Crippen LogP contribution in [0.1, 0.15) is 4.11 Å². The van der Waals surface area contributed by atoms with Gasteiger partial charge in [0, 0.05) is 10.8 Å². The van der Waals surface area contributed by atoms with Crippen LogP contribution >= 0.6 is 0 Å². The van der Waals surface area contributed by atoms with Crippen LogP contribution < -0.4 is 0 Å². The van der Waals surface area contributed by atoms with Crippen LogP contribution in [0, 0.1) is 0 Å². The lowest BCUT2D eigenvalue weighted by molar-refractivity contribution is 0.669. The van der Waals surface area contributed by atoms with Crippen molar-refractivity contribution >= 4 is 65.0 Å². The van der Waals surface area contributed by atoms with Gasteiger partial charge in [0.05, 0.1) is 4.11 Å². The summed E-state index contributed by atoms with van der Waals surface area (Å²) in [5.41, 5.74) is 4.41. The summed E-state index contributed by atoms with van der Waals surface area (Å²) >= 11 is 0. The Morgan fingerprint density at radius 3 is 1.59 bits per heavy atom. The standard InChI is InChI=1S/C40H24O/c1-2-10-26-21-29(18-17-25(26)9-1)39-31-13-5-7-15-33(31)40(34-16-8-6-14-32(34)39)30-19-20-37-35(23-30)36-22-27-11-3-4-12-28(27)24-38(36)41-37/h1-24H/i19D,20D,23D. The van der Waals surface area contributed by atoms with Crippen molar-refractivity contribution in [1.82, 2.24) is 0 Å². The molecule has 0 unspecified atom stereocenters. The van der Waals surface area contributed by atoms with Crippen molar-refractivity contribution in [3.05, 3.63) is 146 Å². The molecule has 9 aromatic rings. The Kier molecular flexibility index (Phi) is 4.09. The Labute approximate surface area is 241 Å². The smallest absolute Gasteiger partial charge is 0.136 e. The van der Waals surface area contributed by atoms with Crippen molar-refractivity contribution in [2.24, 2.45) is 0 Å². The van der Waals surface area contributed by atoms with Gasteiger partial charge in [-0.1, -0.05) is 115 Å². The Balaban J connectivity index is 1.43. The Bertz CT molecular complexity index is 2590. The third kappa shape index (κ3) is 3.36. The maximum absolute atomic E-state index is 9.62. The molecule has 0 atom stereocenters. The molecule has 9 rings (SSSR count). The summed E-state index contributed by atoms with van der Waals surface area (Å²) in [4.78, 5) is 0. The van der Waals surface area contributed by atoms with E-state index in [0.717, 1.165) is 54.4 Å². The van der Waals surface area contributed by atoms with E-state index < -0.39 is 0 Å². The van der Waals surface area contributed by atoms with Gasteiger partial charge < -0.3 is 4.42 Å². The van der Waals surface area contributed by atoms with Crippen molar-refractivity contribution in [1.29, 1.82) is 0 Å². The lowest BCUT2D eigenvalue weighted by Gasteiger charge is -2.18. The predicted octanol–water partition coefficient (Wildman–Crippen LogP) is 11.5. The van der Waals surface area contributed by atoms with E-state index in [4.69, 9.17) is 5.79 Å². The van der Waals surface area contributed by atoms with Gasteiger partial charge in [-0.25, -0.2) is 0 Å². The van der Waals surface area contributed by atoms with E-state index >= 15 is 0 Å². The van der Waals surface area contributed by atoms with Gasteiger partial charge in [0.1, 0.15) is 11.2 Å². The van der Waals surface area contributed by atoms with Crippen LogP contribution in [0.2, 0.25) is 0 Å². The van der Waals surface area contributed by atoms with Crippen molar-refractivity contribution in [2.45, 2.75) is 0 Å². The molecule has 0 bridgehead atoms. The minimum Gasteiger partial charge on any atom is -0.456 e. The molecule has 0 saturated heterocycles. The molecule has 1 nitrogen and oxygen atoms in total. The highest BCUT2D eigenvalue weighted by molar-refractivity contribution is 6.22. The highest BCUT2D eigenvalue weighted by Gasteiger charge is 2.18. The SMILES string of the molecule is [2H]c1c(-c2c3ccccc3c(-c3ccc4ccccc4c3)c3ccccc23)c([2H])c2c(oc3cc4ccccc4cc32)c1[2H]. The van der Waals surface area contributed by atoms with Crippen molar-refractivity contribution in [3.8, 4) is 22.3 Å². The maximum Gasteiger partial charge on any atom is 0.136 e. The molecule has 1 heterocycles. The van der Waals surface area contributed by atoms with Crippen LogP contribution in [0.25, 0.3) is 87.3 Å². The predicted molar refractivity (Wildman–Crippen MR) is 175 cm³/mol. The summed E-state index contributed by atoms with van der Waals surface area (Å²) in [6, 6.07) is 43.8. The fraction of sp³-hybridized carbons (Fsp3) is 0. The van der Waals surface area contributed by atoms with Crippen molar-refractivity contribution in [2.75, 3.05) is 0 Å². The fourth-order valence-corrected chi connectivity index (χ4v) is 6.45. The van der Waals surface area contributed by atoms with E-state index in [1.54, 1.807) is 0 Å². The molecule has 0 fully saturated rings. The molecule has 0 aliphatic carbocycles. The minimum atomic E-state index is -0.00183. The highest BCUT2D eigenvalue weighted by Crippen LogP contribution is 2.45. The number of furan rings is 1. The Morgan fingerprint density at radius 2 is 0.927 bits per heavy atom. The van der Waals surface area contributed by atoms with Gasteiger partial charge in [-0.15, -0.1) is 0 Å². The number of rotatable bonds is 2. The fourth-order valence-electron chi connectivity index (χ4n) is 6.45. The first-order chi connectivity index (χ1) is 21.6. The second-order valence-corrected chi connectivity index (χ2v) is 10.7. The highest BCUT2D eigenvalue weighted by atomic mass is 16.3. The molecule has 0 amide bonds. The summed E-state index contributed by atoms with van der Waals surface area (Å²) in [6.07, 6.45) is 0. The summed E-state index contributed by atoms with van der Waals surface area (Å²) in [5, 5.41) is 9.80. The monoisotopic (exact) mass is 523 g/mol. The third-order valence-electron chi connectivity index (χ3n) is 8.33. The first kappa shape index (κ1) is 19.6. The van der Waals surface area contributed by atoms with Crippen LogP contribution in [0.4, 0.5) is 0 Å². The quantitative estimate of drug-likeness (QED) is 0.205. The number of benzene rings is 8. The molecule has 0 N–H and O–H groups in total. The first-order valence-electron chi connectivity index (χ1n) is 15.4. The summed E-state index contributed by atoms with van der Waals surface area (Å²) in [6.45, 7) is 0. The van der Waals surface area contributed by atoms with E-state index in [1.165, 1.54) is 10.8 Å². The van der Waals surface area contributed by atoms with E-state index in [-0.39, 0.29) is 23.7 Å².